The zero-order valence-electron chi connectivity index (χ0n) is 7.32. The number of benzene rings is 1. The van der Waals surface area contributed by atoms with Crippen molar-refractivity contribution in [1.82, 2.24) is 0 Å². The van der Waals surface area contributed by atoms with Gasteiger partial charge in [-0.25, -0.2) is 4.39 Å². The summed E-state index contributed by atoms with van der Waals surface area (Å²) in [5.74, 6) is -0.221. The molecule has 1 nitrogen and oxygen atoms in total. The molecule has 1 aromatic rings. The monoisotopic (exact) mass is 165 g/mol. The summed E-state index contributed by atoms with van der Waals surface area (Å²) in [6.07, 6.45) is 1.64. The number of halogens is 1. The van der Waals surface area contributed by atoms with Crippen molar-refractivity contribution in [1.29, 1.82) is 0 Å². The molecule has 0 atom stereocenters. The van der Waals surface area contributed by atoms with Gasteiger partial charge in [-0.05, 0) is 24.6 Å². The van der Waals surface area contributed by atoms with Crippen LogP contribution in [0.1, 0.15) is 11.1 Å². The minimum Gasteiger partial charge on any atom is -0.387 e. The number of hydrogen-bond donors (Lipinski definition) is 1. The van der Waals surface area contributed by atoms with E-state index in [1.54, 1.807) is 6.08 Å². The maximum Gasteiger partial charge on any atom is 0.124 e. The van der Waals surface area contributed by atoms with Crippen LogP contribution >= 0.6 is 0 Å². The molecule has 64 valence electrons. The smallest absolute Gasteiger partial charge is 0.124 e. The minimum atomic E-state index is -0.221. The van der Waals surface area contributed by atoms with E-state index in [9.17, 15) is 4.39 Å². The average molecular weight is 165 g/mol. The molecule has 12 heavy (non-hydrogen) atoms. The van der Waals surface area contributed by atoms with E-state index in [-0.39, 0.29) is 5.82 Å². The molecule has 0 bridgehead atoms. The summed E-state index contributed by atoms with van der Waals surface area (Å²) in [5.41, 5.74) is 2.63. The second kappa shape index (κ2) is 3.39. The van der Waals surface area contributed by atoms with Gasteiger partial charge in [0.1, 0.15) is 5.82 Å². The normalized spacial score (nSPS) is 9.58. The summed E-state index contributed by atoms with van der Waals surface area (Å²) in [5, 5.41) is 3.00. The molecule has 0 radical (unpaired) electrons. The van der Waals surface area contributed by atoms with Crippen molar-refractivity contribution < 1.29 is 4.39 Å². The predicted octanol–water partition coefficient (Wildman–Crippen LogP) is 2.82. The van der Waals surface area contributed by atoms with E-state index in [2.05, 4.69) is 11.9 Å². The van der Waals surface area contributed by atoms with E-state index in [1.165, 1.54) is 12.1 Å². The van der Waals surface area contributed by atoms with Gasteiger partial charge in [-0.15, -0.1) is 0 Å². The Balaban J connectivity index is 3.33. The molecule has 2 heteroatoms. The first-order valence-electron chi connectivity index (χ1n) is 3.79. The summed E-state index contributed by atoms with van der Waals surface area (Å²) in [6, 6.07) is 2.96. The van der Waals surface area contributed by atoms with Crippen molar-refractivity contribution in [2.24, 2.45) is 0 Å². The zero-order valence-corrected chi connectivity index (χ0v) is 7.32. The molecule has 0 spiro atoms. The topological polar surface area (TPSA) is 12.0 Å². The fourth-order valence-electron chi connectivity index (χ4n) is 1.27. The molecule has 0 saturated heterocycles. The van der Waals surface area contributed by atoms with Crippen molar-refractivity contribution in [2.75, 3.05) is 12.4 Å². The van der Waals surface area contributed by atoms with Gasteiger partial charge in [-0.1, -0.05) is 12.7 Å². The van der Waals surface area contributed by atoms with Crippen LogP contribution in [-0.4, -0.2) is 7.05 Å². The van der Waals surface area contributed by atoms with Gasteiger partial charge < -0.3 is 5.32 Å². The van der Waals surface area contributed by atoms with Crippen molar-refractivity contribution in [3.8, 4) is 0 Å². The number of anilines is 1. The third kappa shape index (κ3) is 1.47. The Morgan fingerprint density at radius 2 is 2.17 bits per heavy atom. The fourth-order valence-corrected chi connectivity index (χ4v) is 1.27. The van der Waals surface area contributed by atoms with E-state index in [4.69, 9.17) is 0 Å². The van der Waals surface area contributed by atoms with Crippen LogP contribution in [0.5, 0.6) is 0 Å². The molecule has 0 aromatic heterocycles. The van der Waals surface area contributed by atoms with Gasteiger partial charge >= 0.3 is 0 Å². The standard InChI is InChI=1S/C10H12FN/c1-4-8-6-9(11)5-7(2)10(8)12-3/h4-6,12H,1H2,2-3H3. The molecule has 0 saturated carbocycles. The number of nitrogens with one attached hydrogen (secondary N) is 1. The Kier molecular flexibility index (Phi) is 2.48. The molecule has 1 N–H and O–H groups in total. The molecule has 0 amide bonds. The molecule has 0 aliphatic rings. The molecule has 0 aliphatic carbocycles. The van der Waals surface area contributed by atoms with Gasteiger partial charge in [0.05, 0.1) is 0 Å². The summed E-state index contributed by atoms with van der Waals surface area (Å²) < 4.78 is 12.9. The van der Waals surface area contributed by atoms with Gasteiger partial charge in [0.25, 0.3) is 0 Å². The molecule has 0 heterocycles. The number of rotatable bonds is 2. The summed E-state index contributed by atoms with van der Waals surface area (Å²) in [7, 11) is 1.81. The Morgan fingerprint density at radius 1 is 1.50 bits per heavy atom. The average Bonchev–Trinajstić information content (AvgIpc) is 2.03. The van der Waals surface area contributed by atoms with Crippen molar-refractivity contribution in [3.05, 3.63) is 35.7 Å². The lowest BCUT2D eigenvalue weighted by Crippen LogP contribution is -1.95. The number of hydrogen-bond acceptors (Lipinski definition) is 1. The Labute approximate surface area is 71.9 Å². The molecule has 1 aromatic carbocycles. The quantitative estimate of drug-likeness (QED) is 0.710. The van der Waals surface area contributed by atoms with Crippen LogP contribution < -0.4 is 5.32 Å². The van der Waals surface area contributed by atoms with Gasteiger partial charge in [-0.2, -0.15) is 0 Å². The van der Waals surface area contributed by atoms with Gasteiger partial charge in [0.15, 0.2) is 0 Å². The molecule has 0 unspecified atom stereocenters. The highest BCUT2D eigenvalue weighted by molar-refractivity contribution is 5.68. The van der Waals surface area contributed by atoms with E-state index in [0.717, 1.165) is 16.8 Å². The highest BCUT2D eigenvalue weighted by Crippen LogP contribution is 2.22. The summed E-state index contributed by atoms with van der Waals surface area (Å²) >= 11 is 0. The largest absolute Gasteiger partial charge is 0.387 e. The highest BCUT2D eigenvalue weighted by Gasteiger charge is 2.03. The molecular weight excluding hydrogens is 153 g/mol. The second-order valence-electron chi connectivity index (χ2n) is 2.64. The maximum absolute atomic E-state index is 12.9. The summed E-state index contributed by atoms with van der Waals surface area (Å²) in [4.78, 5) is 0. The first-order valence-corrected chi connectivity index (χ1v) is 3.79. The van der Waals surface area contributed by atoms with E-state index in [1.807, 2.05) is 14.0 Å². The fraction of sp³-hybridized carbons (Fsp3) is 0.200. The SMILES string of the molecule is C=Cc1cc(F)cc(C)c1NC. The van der Waals surface area contributed by atoms with Crippen LogP contribution in [0.2, 0.25) is 0 Å². The Bertz CT molecular complexity index is 305. The first-order chi connectivity index (χ1) is 5.69. The lowest BCUT2D eigenvalue weighted by atomic mass is 10.1. The lowest BCUT2D eigenvalue weighted by molar-refractivity contribution is 0.626. The lowest BCUT2D eigenvalue weighted by Gasteiger charge is -2.08. The van der Waals surface area contributed by atoms with Gasteiger partial charge in [0, 0.05) is 18.3 Å². The second-order valence-corrected chi connectivity index (χ2v) is 2.64. The predicted molar refractivity (Wildman–Crippen MR) is 50.8 cm³/mol. The Hall–Kier alpha value is -1.31. The van der Waals surface area contributed by atoms with E-state index in [0.29, 0.717) is 0 Å². The molecule has 0 aliphatic heterocycles. The van der Waals surface area contributed by atoms with Crippen LogP contribution in [0, 0.1) is 12.7 Å². The van der Waals surface area contributed by atoms with Crippen LogP contribution in [0.4, 0.5) is 10.1 Å². The van der Waals surface area contributed by atoms with Crippen molar-refractivity contribution >= 4 is 11.8 Å². The summed E-state index contributed by atoms with van der Waals surface area (Å²) in [6.45, 7) is 5.48. The minimum absolute atomic E-state index is 0.221. The van der Waals surface area contributed by atoms with E-state index >= 15 is 0 Å². The Morgan fingerprint density at radius 3 is 2.67 bits per heavy atom. The zero-order chi connectivity index (χ0) is 9.14. The van der Waals surface area contributed by atoms with Crippen LogP contribution in [-0.2, 0) is 0 Å². The molecule has 0 fully saturated rings. The van der Waals surface area contributed by atoms with Gasteiger partial charge in [0.2, 0.25) is 0 Å². The third-order valence-corrected chi connectivity index (χ3v) is 1.80. The van der Waals surface area contributed by atoms with Crippen LogP contribution in [0.15, 0.2) is 18.7 Å². The van der Waals surface area contributed by atoms with Crippen molar-refractivity contribution in [3.63, 3.8) is 0 Å². The third-order valence-electron chi connectivity index (χ3n) is 1.80. The van der Waals surface area contributed by atoms with Crippen LogP contribution in [0.25, 0.3) is 6.08 Å². The molecular formula is C10H12FN. The van der Waals surface area contributed by atoms with Gasteiger partial charge in [-0.3, -0.25) is 0 Å². The maximum atomic E-state index is 12.9. The van der Waals surface area contributed by atoms with E-state index < -0.39 is 0 Å². The highest BCUT2D eigenvalue weighted by atomic mass is 19.1. The number of aryl methyl sites for hydroxylation is 1. The molecule has 1 rings (SSSR count). The van der Waals surface area contributed by atoms with Crippen LogP contribution in [0.3, 0.4) is 0 Å². The first kappa shape index (κ1) is 8.78. The van der Waals surface area contributed by atoms with Crippen molar-refractivity contribution in [2.45, 2.75) is 6.92 Å².